The summed E-state index contributed by atoms with van der Waals surface area (Å²) in [5.74, 6) is 1.02. The highest BCUT2D eigenvalue weighted by atomic mass is 79.9. The van der Waals surface area contributed by atoms with Gasteiger partial charge >= 0.3 is 0 Å². The van der Waals surface area contributed by atoms with Crippen molar-refractivity contribution in [3.63, 3.8) is 0 Å². The lowest BCUT2D eigenvalue weighted by atomic mass is 9.99. The summed E-state index contributed by atoms with van der Waals surface area (Å²) in [6.07, 6.45) is 0.515. The van der Waals surface area contributed by atoms with Crippen molar-refractivity contribution in [2.45, 2.75) is 12.0 Å². The molecule has 0 spiro atoms. The number of hydrogen-bond acceptors (Lipinski definition) is 5. The average molecular weight is 343 g/mol. The van der Waals surface area contributed by atoms with Gasteiger partial charge in [-0.2, -0.15) is 0 Å². The predicted molar refractivity (Wildman–Crippen MR) is 76.1 cm³/mol. The smallest absolute Gasteiger partial charge is 0.246 e. The molecule has 1 amide bonds. The molecule has 20 heavy (non-hydrogen) atoms. The first-order valence-electron chi connectivity index (χ1n) is 6.36. The molecule has 108 valence electrons. The van der Waals surface area contributed by atoms with Crippen molar-refractivity contribution in [2.24, 2.45) is 5.73 Å². The predicted octanol–water partition coefficient (Wildman–Crippen LogP) is 1.28. The van der Waals surface area contributed by atoms with Crippen LogP contribution in [0.25, 0.3) is 0 Å². The Kier molecular flexibility index (Phi) is 3.57. The topological polar surface area (TPSA) is 82.8 Å². The maximum Gasteiger partial charge on any atom is 0.246 e. The molecule has 1 saturated heterocycles. The molecule has 3 rings (SSSR count). The van der Waals surface area contributed by atoms with Gasteiger partial charge in [0, 0.05) is 23.2 Å². The number of benzene rings is 1. The fourth-order valence-electron chi connectivity index (χ4n) is 2.17. The third kappa shape index (κ3) is 2.48. The summed E-state index contributed by atoms with van der Waals surface area (Å²) in [5.41, 5.74) is 5.67. The molecule has 1 atom stereocenters. The van der Waals surface area contributed by atoms with Crippen LogP contribution in [0.1, 0.15) is 6.42 Å². The summed E-state index contributed by atoms with van der Waals surface area (Å²) < 4.78 is 16.9. The van der Waals surface area contributed by atoms with Gasteiger partial charge in [-0.05, 0) is 22.4 Å². The lowest BCUT2D eigenvalue weighted by molar-refractivity contribution is -0.121. The van der Waals surface area contributed by atoms with E-state index in [1.165, 1.54) is 0 Å². The van der Waals surface area contributed by atoms with Gasteiger partial charge in [0.05, 0.1) is 12.3 Å². The zero-order valence-corrected chi connectivity index (χ0v) is 12.4. The minimum Gasteiger partial charge on any atom is -0.486 e. The third-order valence-electron chi connectivity index (χ3n) is 3.38. The first kappa shape index (κ1) is 13.7. The number of rotatable bonds is 2. The SMILES string of the molecule is NC1(C(=O)Nc2cc3c(cc2Br)OCCO3)CCOC1. The van der Waals surface area contributed by atoms with Crippen molar-refractivity contribution in [3.8, 4) is 11.5 Å². The van der Waals surface area contributed by atoms with Crippen LogP contribution in [0, 0.1) is 0 Å². The van der Waals surface area contributed by atoms with Crippen LogP contribution in [0.4, 0.5) is 5.69 Å². The molecule has 2 heterocycles. The molecule has 0 saturated carbocycles. The number of anilines is 1. The van der Waals surface area contributed by atoms with Gasteiger partial charge in [0.15, 0.2) is 11.5 Å². The van der Waals surface area contributed by atoms with Gasteiger partial charge < -0.3 is 25.3 Å². The molecular formula is C13H15BrN2O4. The number of halogens is 1. The molecule has 0 aliphatic carbocycles. The number of fused-ring (bicyclic) bond motifs is 1. The number of hydrogen-bond donors (Lipinski definition) is 2. The lowest BCUT2D eigenvalue weighted by Gasteiger charge is -2.23. The molecule has 1 aromatic rings. The van der Waals surface area contributed by atoms with Gasteiger partial charge in [-0.15, -0.1) is 0 Å². The Morgan fingerprint density at radius 3 is 2.60 bits per heavy atom. The van der Waals surface area contributed by atoms with E-state index in [4.69, 9.17) is 19.9 Å². The van der Waals surface area contributed by atoms with Gasteiger partial charge in [-0.25, -0.2) is 0 Å². The third-order valence-corrected chi connectivity index (χ3v) is 4.04. The fourth-order valence-corrected chi connectivity index (χ4v) is 2.59. The second-order valence-electron chi connectivity index (χ2n) is 4.89. The first-order chi connectivity index (χ1) is 9.58. The number of ether oxygens (including phenoxy) is 3. The van der Waals surface area contributed by atoms with Gasteiger partial charge in [0.25, 0.3) is 0 Å². The number of nitrogens with two attached hydrogens (primary N) is 1. The molecule has 0 radical (unpaired) electrons. The molecule has 1 fully saturated rings. The van der Waals surface area contributed by atoms with Crippen molar-refractivity contribution < 1.29 is 19.0 Å². The van der Waals surface area contributed by atoms with Crippen molar-refractivity contribution in [2.75, 3.05) is 31.7 Å². The Bertz CT molecular complexity index is 543. The highest BCUT2D eigenvalue weighted by Gasteiger charge is 2.38. The van der Waals surface area contributed by atoms with Crippen LogP contribution in [0.5, 0.6) is 11.5 Å². The number of carbonyl (C=O) groups is 1. The standard InChI is InChI=1S/C13H15BrN2O4/c14-8-5-10-11(20-4-3-19-10)6-9(8)16-12(17)13(15)1-2-18-7-13/h5-6H,1-4,7,15H2,(H,16,17). The highest BCUT2D eigenvalue weighted by Crippen LogP contribution is 2.38. The molecule has 7 heteroatoms. The van der Waals surface area contributed by atoms with Crippen molar-refractivity contribution in [3.05, 3.63) is 16.6 Å². The Balaban J connectivity index is 1.82. The monoisotopic (exact) mass is 342 g/mol. The Morgan fingerprint density at radius 2 is 1.95 bits per heavy atom. The molecule has 1 unspecified atom stereocenters. The minimum atomic E-state index is -0.966. The minimum absolute atomic E-state index is 0.237. The van der Waals surface area contributed by atoms with Crippen LogP contribution < -0.4 is 20.5 Å². The van der Waals surface area contributed by atoms with Crippen LogP contribution in [-0.4, -0.2) is 37.9 Å². The van der Waals surface area contributed by atoms with Gasteiger partial charge in [-0.1, -0.05) is 0 Å². The van der Waals surface area contributed by atoms with Crippen LogP contribution >= 0.6 is 15.9 Å². The zero-order valence-electron chi connectivity index (χ0n) is 10.8. The maximum atomic E-state index is 12.2. The first-order valence-corrected chi connectivity index (χ1v) is 7.15. The van der Waals surface area contributed by atoms with Crippen molar-refractivity contribution in [1.82, 2.24) is 0 Å². The lowest BCUT2D eigenvalue weighted by Crippen LogP contribution is -2.51. The molecule has 3 N–H and O–H groups in total. The summed E-state index contributed by atoms with van der Waals surface area (Å²) >= 11 is 3.41. The molecule has 0 aromatic heterocycles. The Labute approximate surface area is 124 Å². The summed E-state index contributed by atoms with van der Waals surface area (Å²) in [4.78, 5) is 12.2. The summed E-state index contributed by atoms with van der Waals surface area (Å²) in [7, 11) is 0. The Hall–Kier alpha value is -1.31. The normalized spacial score (nSPS) is 24.5. The molecule has 6 nitrogen and oxygen atoms in total. The number of amides is 1. The second kappa shape index (κ2) is 5.23. The van der Waals surface area contributed by atoms with E-state index in [2.05, 4.69) is 21.2 Å². The van der Waals surface area contributed by atoms with Crippen molar-refractivity contribution in [1.29, 1.82) is 0 Å². The van der Waals surface area contributed by atoms with E-state index in [-0.39, 0.29) is 12.5 Å². The van der Waals surface area contributed by atoms with E-state index in [0.717, 1.165) is 4.47 Å². The molecule has 2 aliphatic rings. The largest absolute Gasteiger partial charge is 0.486 e. The number of carbonyl (C=O) groups excluding carboxylic acids is 1. The second-order valence-corrected chi connectivity index (χ2v) is 5.74. The van der Waals surface area contributed by atoms with E-state index < -0.39 is 5.54 Å². The Morgan fingerprint density at radius 1 is 1.25 bits per heavy atom. The van der Waals surface area contributed by atoms with E-state index >= 15 is 0 Å². The summed E-state index contributed by atoms with van der Waals surface area (Å²) in [6, 6.07) is 3.51. The molecule has 1 aromatic carbocycles. The van der Waals surface area contributed by atoms with Crippen LogP contribution in [0.15, 0.2) is 16.6 Å². The molecular weight excluding hydrogens is 328 g/mol. The highest BCUT2D eigenvalue weighted by molar-refractivity contribution is 9.10. The van der Waals surface area contributed by atoms with E-state index in [1.54, 1.807) is 12.1 Å². The average Bonchev–Trinajstić information content (AvgIpc) is 2.88. The van der Waals surface area contributed by atoms with E-state index in [9.17, 15) is 4.79 Å². The van der Waals surface area contributed by atoms with Crippen LogP contribution in [-0.2, 0) is 9.53 Å². The summed E-state index contributed by atoms with van der Waals surface area (Å²) in [5, 5.41) is 2.82. The van der Waals surface area contributed by atoms with Crippen molar-refractivity contribution >= 4 is 27.5 Å². The van der Waals surface area contributed by atoms with E-state index in [0.29, 0.717) is 43.4 Å². The zero-order chi connectivity index (χ0) is 14.2. The molecule has 2 aliphatic heterocycles. The summed E-state index contributed by atoms with van der Waals surface area (Å²) in [6.45, 7) is 1.76. The van der Waals surface area contributed by atoms with Crippen LogP contribution in [0.2, 0.25) is 0 Å². The quantitative estimate of drug-likeness (QED) is 0.845. The molecule has 0 bridgehead atoms. The fraction of sp³-hybridized carbons (Fsp3) is 0.462. The van der Waals surface area contributed by atoms with E-state index in [1.807, 2.05) is 0 Å². The van der Waals surface area contributed by atoms with Gasteiger partial charge in [0.2, 0.25) is 5.91 Å². The maximum absolute atomic E-state index is 12.2. The number of nitrogens with one attached hydrogen (secondary N) is 1. The van der Waals surface area contributed by atoms with Gasteiger partial charge in [-0.3, -0.25) is 4.79 Å². The van der Waals surface area contributed by atoms with Crippen LogP contribution in [0.3, 0.4) is 0 Å². The van der Waals surface area contributed by atoms with Gasteiger partial charge in [0.1, 0.15) is 18.8 Å².